The maximum absolute atomic E-state index is 12.2. The maximum atomic E-state index is 12.2. The lowest BCUT2D eigenvalue weighted by Gasteiger charge is -2.16. The average Bonchev–Trinajstić information content (AvgIpc) is 2.97. The van der Waals surface area contributed by atoms with Crippen molar-refractivity contribution < 1.29 is 14.2 Å². The van der Waals surface area contributed by atoms with Crippen LogP contribution in [0, 0.1) is 0 Å². The molecule has 112 valence electrons. The first kappa shape index (κ1) is 14.3. The topological polar surface area (TPSA) is 62.6 Å². The van der Waals surface area contributed by atoms with Crippen molar-refractivity contribution in [1.29, 1.82) is 0 Å². The molecule has 0 spiro atoms. The van der Waals surface area contributed by atoms with Crippen LogP contribution in [-0.4, -0.2) is 36.2 Å². The van der Waals surface area contributed by atoms with Gasteiger partial charge in [-0.05, 0) is 28.1 Å². The molecule has 3 rings (SSSR count). The summed E-state index contributed by atoms with van der Waals surface area (Å²) in [6.45, 7) is 1.27. The molecule has 7 heteroatoms. The number of nitrogens with zero attached hydrogens (tertiary/aromatic N) is 2. The van der Waals surface area contributed by atoms with Crippen molar-refractivity contribution in [3.05, 3.63) is 27.1 Å². The fourth-order valence-electron chi connectivity index (χ4n) is 2.35. The van der Waals surface area contributed by atoms with Crippen LogP contribution in [0.1, 0.15) is 6.42 Å². The molecule has 0 N–H and O–H groups in total. The number of methoxy groups -OCH3 is 1. The fraction of sp³-hybridized carbons (Fsp3) is 0.429. The zero-order valence-electron chi connectivity index (χ0n) is 11.8. The third-order valence-electron chi connectivity index (χ3n) is 3.47. The van der Waals surface area contributed by atoms with Gasteiger partial charge in [-0.15, -0.1) is 0 Å². The molecule has 1 aliphatic rings. The molecule has 0 bridgehead atoms. The van der Waals surface area contributed by atoms with Crippen LogP contribution in [0.5, 0.6) is 11.5 Å². The molecule has 1 fully saturated rings. The van der Waals surface area contributed by atoms with Crippen molar-refractivity contribution in [3.63, 3.8) is 0 Å². The van der Waals surface area contributed by atoms with E-state index in [9.17, 15) is 4.79 Å². The smallest absolute Gasteiger partial charge is 0.274 e. The van der Waals surface area contributed by atoms with E-state index >= 15 is 0 Å². The molecular formula is C14H15BrN2O4. The Labute approximate surface area is 129 Å². The van der Waals surface area contributed by atoms with Crippen LogP contribution >= 0.6 is 15.9 Å². The zero-order chi connectivity index (χ0) is 15.0. The maximum Gasteiger partial charge on any atom is 0.274 e. The monoisotopic (exact) mass is 354 g/mol. The zero-order valence-corrected chi connectivity index (χ0v) is 13.3. The van der Waals surface area contributed by atoms with Crippen LogP contribution in [-0.2, 0) is 11.8 Å². The Bertz CT molecular complexity index is 738. The normalized spacial score (nSPS) is 18.1. The summed E-state index contributed by atoms with van der Waals surface area (Å²) in [5.74, 6) is 1.13. The number of hydrogen-bond acceptors (Lipinski definition) is 5. The van der Waals surface area contributed by atoms with Crippen LogP contribution in [0.4, 0.5) is 0 Å². The molecule has 1 atom stereocenters. The van der Waals surface area contributed by atoms with Crippen LogP contribution in [0.25, 0.3) is 10.8 Å². The van der Waals surface area contributed by atoms with Crippen LogP contribution in [0.2, 0.25) is 0 Å². The van der Waals surface area contributed by atoms with E-state index in [1.165, 1.54) is 4.68 Å². The molecule has 0 amide bonds. The van der Waals surface area contributed by atoms with E-state index in [4.69, 9.17) is 14.2 Å². The average molecular weight is 355 g/mol. The number of aromatic nitrogens is 2. The van der Waals surface area contributed by atoms with Gasteiger partial charge in [0, 0.05) is 18.9 Å². The summed E-state index contributed by atoms with van der Waals surface area (Å²) in [5.41, 5.74) is -0.178. The molecule has 6 nitrogen and oxygen atoms in total. The van der Waals surface area contributed by atoms with E-state index < -0.39 is 0 Å². The highest BCUT2D eigenvalue weighted by Gasteiger charge is 2.20. The van der Waals surface area contributed by atoms with Crippen molar-refractivity contribution in [2.45, 2.75) is 12.5 Å². The first-order valence-electron chi connectivity index (χ1n) is 6.59. The van der Waals surface area contributed by atoms with Gasteiger partial charge in [-0.3, -0.25) is 4.79 Å². The fourth-order valence-corrected chi connectivity index (χ4v) is 2.92. The van der Waals surface area contributed by atoms with Gasteiger partial charge in [-0.1, -0.05) is 0 Å². The predicted molar refractivity (Wildman–Crippen MR) is 81.1 cm³/mol. The summed E-state index contributed by atoms with van der Waals surface area (Å²) in [5, 5.41) is 5.36. The summed E-state index contributed by atoms with van der Waals surface area (Å²) in [7, 11) is 3.17. The second kappa shape index (κ2) is 5.65. The SMILES string of the molecule is COc1cc2c(=O)n(C)nc(Br)c2cc1OC1CCOC1. The molecule has 2 aromatic rings. The highest BCUT2D eigenvalue weighted by Crippen LogP contribution is 2.34. The molecule has 1 unspecified atom stereocenters. The summed E-state index contributed by atoms with van der Waals surface area (Å²) < 4.78 is 18.5. The van der Waals surface area contributed by atoms with Crippen molar-refractivity contribution in [2.75, 3.05) is 20.3 Å². The minimum atomic E-state index is -0.178. The number of aryl methyl sites for hydroxylation is 1. The van der Waals surface area contributed by atoms with Gasteiger partial charge < -0.3 is 14.2 Å². The Morgan fingerprint density at radius 1 is 1.38 bits per heavy atom. The van der Waals surface area contributed by atoms with Gasteiger partial charge in [0.05, 0.1) is 25.7 Å². The number of ether oxygens (including phenoxy) is 3. The number of hydrogen-bond donors (Lipinski definition) is 0. The lowest BCUT2D eigenvalue weighted by Crippen LogP contribution is -2.20. The van der Waals surface area contributed by atoms with Crippen molar-refractivity contribution in [3.8, 4) is 11.5 Å². The first-order valence-corrected chi connectivity index (χ1v) is 7.38. The van der Waals surface area contributed by atoms with Gasteiger partial charge in [0.25, 0.3) is 5.56 Å². The lowest BCUT2D eigenvalue weighted by molar-refractivity contribution is 0.139. The Morgan fingerprint density at radius 3 is 2.81 bits per heavy atom. The summed E-state index contributed by atoms with van der Waals surface area (Å²) >= 11 is 3.38. The van der Waals surface area contributed by atoms with Gasteiger partial charge in [-0.2, -0.15) is 5.10 Å². The van der Waals surface area contributed by atoms with E-state index in [1.54, 1.807) is 26.3 Å². The van der Waals surface area contributed by atoms with E-state index in [0.29, 0.717) is 40.1 Å². The molecule has 21 heavy (non-hydrogen) atoms. The minimum Gasteiger partial charge on any atom is -0.493 e. The molecule has 0 aliphatic carbocycles. The van der Waals surface area contributed by atoms with E-state index in [1.807, 2.05) is 0 Å². The second-order valence-electron chi connectivity index (χ2n) is 4.87. The van der Waals surface area contributed by atoms with Crippen LogP contribution < -0.4 is 15.0 Å². The third-order valence-corrected chi connectivity index (χ3v) is 4.06. The molecule has 1 aromatic carbocycles. The molecule has 2 heterocycles. The highest BCUT2D eigenvalue weighted by molar-refractivity contribution is 9.10. The first-order chi connectivity index (χ1) is 10.1. The summed E-state index contributed by atoms with van der Waals surface area (Å²) in [4.78, 5) is 12.2. The van der Waals surface area contributed by atoms with Crippen LogP contribution in [0.3, 0.4) is 0 Å². The van der Waals surface area contributed by atoms with Crippen molar-refractivity contribution >= 4 is 26.7 Å². The second-order valence-corrected chi connectivity index (χ2v) is 5.62. The highest BCUT2D eigenvalue weighted by atomic mass is 79.9. The van der Waals surface area contributed by atoms with Crippen LogP contribution in [0.15, 0.2) is 21.5 Å². The minimum absolute atomic E-state index is 0.00892. The van der Waals surface area contributed by atoms with Gasteiger partial charge in [-0.25, -0.2) is 4.68 Å². The third kappa shape index (κ3) is 2.63. The van der Waals surface area contributed by atoms with E-state index in [-0.39, 0.29) is 11.7 Å². The quantitative estimate of drug-likeness (QED) is 0.841. The predicted octanol–water partition coefficient (Wildman–Crippen LogP) is 1.87. The Balaban J connectivity index is 2.13. The molecule has 0 saturated carbocycles. The summed E-state index contributed by atoms with van der Waals surface area (Å²) in [6, 6.07) is 3.47. The number of rotatable bonds is 3. The molecule has 1 aliphatic heterocycles. The molecular weight excluding hydrogens is 340 g/mol. The molecule has 1 aromatic heterocycles. The molecule has 0 radical (unpaired) electrons. The number of halogens is 1. The lowest BCUT2D eigenvalue weighted by atomic mass is 10.1. The van der Waals surface area contributed by atoms with Gasteiger partial charge in [0.2, 0.25) is 0 Å². The van der Waals surface area contributed by atoms with Gasteiger partial charge in [0.1, 0.15) is 10.7 Å². The van der Waals surface area contributed by atoms with E-state index in [0.717, 1.165) is 6.42 Å². The number of fused-ring (bicyclic) bond motifs is 1. The Kier molecular flexibility index (Phi) is 3.86. The summed E-state index contributed by atoms with van der Waals surface area (Å²) in [6.07, 6.45) is 0.853. The largest absolute Gasteiger partial charge is 0.493 e. The van der Waals surface area contributed by atoms with Gasteiger partial charge >= 0.3 is 0 Å². The van der Waals surface area contributed by atoms with Crippen molar-refractivity contribution in [1.82, 2.24) is 9.78 Å². The van der Waals surface area contributed by atoms with Gasteiger partial charge in [0.15, 0.2) is 11.5 Å². The van der Waals surface area contributed by atoms with E-state index in [2.05, 4.69) is 21.0 Å². The molecule has 1 saturated heterocycles. The Hall–Kier alpha value is -1.60. The Morgan fingerprint density at radius 2 is 2.14 bits per heavy atom. The van der Waals surface area contributed by atoms with Crippen molar-refractivity contribution in [2.24, 2.45) is 7.05 Å². The standard InChI is InChI=1S/C14H15BrN2O4/c1-17-14(18)10-6-11(19-2)12(5-9(10)13(15)16-17)21-8-3-4-20-7-8/h5-6,8H,3-4,7H2,1-2H3. The number of benzene rings is 1.